The van der Waals surface area contributed by atoms with E-state index < -0.39 is 5.91 Å². The first kappa shape index (κ1) is 23.7. The van der Waals surface area contributed by atoms with E-state index in [9.17, 15) is 9.90 Å². The number of hydrazone groups is 1. The summed E-state index contributed by atoms with van der Waals surface area (Å²) in [4.78, 5) is 12.8. The van der Waals surface area contributed by atoms with Gasteiger partial charge in [0.05, 0.1) is 11.8 Å². The van der Waals surface area contributed by atoms with Gasteiger partial charge in [-0.3, -0.25) is 4.79 Å². The molecule has 0 unspecified atom stereocenters. The van der Waals surface area contributed by atoms with Gasteiger partial charge in [-0.25, -0.2) is 5.43 Å². The fourth-order valence-corrected chi connectivity index (χ4v) is 4.42. The van der Waals surface area contributed by atoms with Crippen LogP contribution in [-0.2, 0) is 6.61 Å². The molecule has 0 aliphatic carbocycles. The number of fused-ring (bicyclic) bond motifs is 2. The minimum atomic E-state index is -0.523. The maximum absolute atomic E-state index is 12.8. The highest BCUT2D eigenvalue weighted by Gasteiger charge is 2.13. The average Bonchev–Trinajstić information content (AvgIpc) is 2.88. The van der Waals surface area contributed by atoms with Crippen molar-refractivity contribution in [2.75, 3.05) is 0 Å². The molecule has 0 heterocycles. The smallest absolute Gasteiger partial charge is 0.275 e. The SMILES string of the molecule is O=C(NN=Cc1c(OCc2ccc(Cl)cc2Cl)ccc2ccccc12)c1cc2ccccc2cc1O. The third kappa shape index (κ3) is 4.98. The summed E-state index contributed by atoms with van der Waals surface area (Å²) in [5, 5.41) is 19.2. The van der Waals surface area contributed by atoms with Crippen LogP contribution >= 0.6 is 23.2 Å². The molecule has 178 valence electrons. The summed E-state index contributed by atoms with van der Waals surface area (Å²) in [5.74, 6) is -0.0631. The first-order valence-corrected chi connectivity index (χ1v) is 11.9. The third-order valence-corrected chi connectivity index (χ3v) is 6.38. The van der Waals surface area contributed by atoms with Crippen LogP contribution in [0.15, 0.2) is 96.1 Å². The van der Waals surface area contributed by atoms with Gasteiger partial charge in [-0.2, -0.15) is 5.10 Å². The number of ether oxygens (including phenoxy) is 1. The molecule has 0 spiro atoms. The Bertz CT molecular complexity index is 1630. The summed E-state index contributed by atoms with van der Waals surface area (Å²) < 4.78 is 6.09. The summed E-state index contributed by atoms with van der Waals surface area (Å²) in [7, 11) is 0. The van der Waals surface area contributed by atoms with Crippen LogP contribution in [-0.4, -0.2) is 17.2 Å². The number of benzene rings is 5. The van der Waals surface area contributed by atoms with Crippen molar-refractivity contribution in [2.24, 2.45) is 5.10 Å². The molecule has 0 atom stereocenters. The van der Waals surface area contributed by atoms with Crippen molar-refractivity contribution >= 4 is 56.9 Å². The van der Waals surface area contributed by atoms with Gasteiger partial charge in [-0.15, -0.1) is 0 Å². The van der Waals surface area contributed by atoms with E-state index in [1.165, 1.54) is 6.21 Å². The molecule has 0 aliphatic rings. The molecule has 0 aromatic heterocycles. The van der Waals surface area contributed by atoms with Crippen LogP contribution in [0.1, 0.15) is 21.5 Å². The second kappa shape index (κ2) is 10.3. The molecule has 5 rings (SSSR count). The first-order valence-electron chi connectivity index (χ1n) is 11.1. The molecule has 5 nitrogen and oxygen atoms in total. The third-order valence-electron chi connectivity index (χ3n) is 5.80. The number of carbonyl (C=O) groups is 1. The quantitative estimate of drug-likeness (QED) is 0.184. The Morgan fingerprint density at radius 2 is 1.61 bits per heavy atom. The van der Waals surface area contributed by atoms with Crippen LogP contribution in [0.3, 0.4) is 0 Å². The predicted molar refractivity (Wildman–Crippen MR) is 145 cm³/mol. The lowest BCUT2D eigenvalue weighted by molar-refractivity contribution is 0.0952. The van der Waals surface area contributed by atoms with Crippen molar-refractivity contribution in [3.63, 3.8) is 0 Å². The molecule has 0 bridgehead atoms. The normalized spacial score (nSPS) is 11.3. The summed E-state index contributed by atoms with van der Waals surface area (Å²) in [6.07, 6.45) is 1.54. The minimum Gasteiger partial charge on any atom is -0.507 e. The fraction of sp³-hybridized carbons (Fsp3) is 0.0345. The Hall–Kier alpha value is -4.06. The van der Waals surface area contributed by atoms with Gasteiger partial charge in [-0.05, 0) is 51.9 Å². The molecule has 0 saturated carbocycles. The zero-order chi connectivity index (χ0) is 25.1. The number of nitrogens with zero attached hydrogens (tertiary/aromatic N) is 1. The maximum atomic E-state index is 12.8. The van der Waals surface area contributed by atoms with Gasteiger partial charge in [0.1, 0.15) is 18.1 Å². The second-order valence-electron chi connectivity index (χ2n) is 8.14. The zero-order valence-corrected chi connectivity index (χ0v) is 20.4. The Morgan fingerprint density at radius 3 is 2.39 bits per heavy atom. The fourth-order valence-electron chi connectivity index (χ4n) is 3.95. The molecule has 5 aromatic rings. The summed E-state index contributed by atoms with van der Waals surface area (Å²) in [6.45, 7) is 0.229. The van der Waals surface area contributed by atoms with Crippen LogP contribution in [0.2, 0.25) is 10.0 Å². The van der Waals surface area contributed by atoms with E-state index in [4.69, 9.17) is 27.9 Å². The summed E-state index contributed by atoms with van der Waals surface area (Å²) >= 11 is 12.3. The number of rotatable bonds is 6. The molecule has 2 N–H and O–H groups in total. The molecule has 0 saturated heterocycles. The van der Waals surface area contributed by atoms with Crippen molar-refractivity contribution in [3.8, 4) is 11.5 Å². The monoisotopic (exact) mass is 514 g/mol. The van der Waals surface area contributed by atoms with E-state index in [-0.39, 0.29) is 17.9 Å². The Labute approximate surface area is 217 Å². The van der Waals surface area contributed by atoms with Gasteiger partial charge >= 0.3 is 0 Å². The number of aromatic hydroxyl groups is 1. The number of hydrogen-bond acceptors (Lipinski definition) is 4. The molecule has 5 aromatic carbocycles. The topological polar surface area (TPSA) is 70.9 Å². The first-order chi connectivity index (χ1) is 17.5. The lowest BCUT2D eigenvalue weighted by Crippen LogP contribution is -2.18. The molecular weight excluding hydrogens is 495 g/mol. The van der Waals surface area contributed by atoms with Crippen molar-refractivity contribution in [1.82, 2.24) is 5.43 Å². The molecular formula is C29H20Cl2N2O3. The highest BCUT2D eigenvalue weighted by molar-refractivity contribution is 6.35. The summed E-state index contributed by atoms with van der Waals surface area (Å²) in [5.41, 5.74) is 4.13. The Balaban J connectivity index is 1.41. The number of phenolic OH excluding ortho intramolecular Hbond substituents is 1. The maximum Gasteiger partial charge on any atom is 0.275 e. The lowest BCUT2D eigenvalue weighted by Gasteiger charge is -2.13. The molecule has 1 amide bonds. The van der Waals surface area contributed by atoms with Crippen LogP contribution < -0.4 is 10.2 Å². The van der Waals surface area contributed by atoms with Crippen LogP contribution in [0.4, 0.5) is 0 Å². The van der Waals surface area contributed by atoms with Crippen LogP contribution in [0.25, 0.3) is 21.5 Å². The van der Waals surface area contributed by atoms with E-state index in [0.717, 1.165) is 27.1 Å². The van der Waals surface area contributed by atoms with Gasteiger partial charge < -0.3 is 9.84 Å². The highest BCUT2D eigenvalue weighted by atomic mass is 35.5. The number of hydrogen-bond donors (Lipinski definition) is 2. The minimum absolute atomic E-state index is 0.115. The molecule has 0 radical (unpaired) electrons. The lowest BCUT2D eigenvalue weighted by atomic mass is 10.0. The largest absolute Gasteiger partial charge is 0.507 e. The molecule has 7 heteroatoms. The van der Waals surface area contributed by atoms with E-state index >= 15 is 0 Å². The molecule has 0 aliphatic heterocycles. The van der Waals surface area contributed by atoms with Gasteiger partial charge in [0.25, 0.3) is 5.91 Å². The predicted octanol–water partition coefficient (Wildman–Crippen LogP) is 7.35. The van der Waals surface area contributed by atoms with E-state index in [1.54, 1.807) is 24.3 Å². The molecule has 36 heavy (non-hydrogen) atoms. The van der Waals surface area contributed by atoms with Gasteiger partial charge in [0.2, 0.25) is 0 Å². The zero-order valence-electron chi connectivity index (χ0n) is 18.9. The van der Waals surface area contributed by atoms with Crippen molar-refractivity contribution < 1.29 is 14.6 Å². The van der Waals surface area contributed by atoms with E-state index in [1.807, 2.05) is 66.7 Å². The van der Waals surface area contributed by atoms with Gasteiger partial charge in [0, 0.05) is 21.2 Å². The Kier molecular flexibility index (Phi) is 6.76. The van der Waals surface area contributed by atoms with Crippen molar-refractivity contribution in [3.05, 3.63) is 118 Å². The number of amides is 1. The van der Waals surface area contributed by atoms with E-state index in [2.05, 4.69) is 10.5 Å². The Morgan fingerprint density at radius 1 is 0.889 bits per heavy atom. The van der Waals surface area contributed by atoms with Gasteiger partial charge in [0.15, 0.2) is 0 Å². The average molecular weight is 515 g/mol. The standard InChI is InChI=1S/C29H20Cl2N2O3/c30-22-11-9-21(26(31)15-22)17-36-28-12-10-18-5-3-4-8-23(18)25(28)16-32-33-29(35)24-13-19-6-1-2-7-20(19)14-27(24)34/h1-16,34H,17H2,(H,33,35). The van der Waals surface area contributed by atoms with Crippen LogP contribution in [0, 0.1) is 0 Å². The highest BCUT2D eigenvalue weighted by Crippen LogP contribution is 2.29. The van der Waals surface area contributed by atoms with Gasteiger partial charge in [-0.1, -0.05) is 83.9 Å². The molecule has 0 fully saturated rings. The summed E-state index contributed by atoms with van der Waals surface area (Å²) in [6, 6.07) is 27.5. The second-order valence-corrected chi connectivity index (χ2v) is 8.98. The van der Waals surface area contributed by atoms with Crippen molar-refractivity contribution in [2.45, 2.75) is 6.61 Å². The van der Waals surface area contributed by atoms with E-state index in [0.29, 0.717) is 21.4 Å². The number of phenols is 1. The number of halogens is 2. The number of carbonyl (C=O) groups excluding carboxylic acids is 1. The number of nitrogens with one attached hydrogen (secondary N) is 1. The van der Waals surface area contributed by atoms with Crippen molar-refractivity contribution in [1.29, 1.82) is 0 Å². The van der Waals surface area contributed by atoms with Crippen LogP contribution in [0.5, 0.6) is 11.5 Å².